The van der Waals surface area contributed by atoms with Gasteiger partial charge in [-0.15, -0.1) is 0 Å². The minimum atomic E-state index is -1.41. The maximum Gasteiger partial charge on any atom is 0.221 e. The van der Waals surface area contributed by atoms with Crippen molar-refractivity contribution in [3.8, 4) is 11.5 Å². The van der Waals surface area contributed by atoms with Crippen LogP contribution in [0, 0.1) is 5.41 Å². The van der Waals surface area contributed by atoms with Crippen LogP contribution in [0.2, 0.25) is 0 Å². The predicted octanol–water partition coefficient (Wildman–Crippen LogP) is 2.71. The lowest BCUT2D eigenvalue weighted by Crippen LogP contribution is -2.42. The Morgan fingerprint density at radius 1 is 1.19 bits per heavy atom. The van der Waals surface area contributed by atoms with E-state index in [1.54, 1.807) is 25.4 Å². The van der Waals surface area contributed by atoms with E-state index < -0.39 is 17.2 Å². The van der Waals surface area contributed by atoms with Gasteiger partial charge in [-0.1, -0.05) is 24.3 Å². The SMILES string of the molecule is COc1cc(Cc2cnc(N)nc2N)cc(C=CC(=O)C(C)(C=O)C2NN=Cc3ccccc32)c1OC. The first-order valence-electron chi connectivity index (χ1n) is 11.5. The molecule has 0 amide bonds. The van der Waals surface area contributed by atoms with Crippen molar-refractivity contribution in [3.63, 3.8) is 0 Å². The van der Waals surface area contributed by atoms with Crippen LogP contribution in [-0.2, 0) is 16.0 Å². The van der Waals surface area contributed by atoms with Crippen molar-refractivity contribution >= 4 is 36.1 Å². The number of hydrogen-bond acceptors (Lipinski definition) is 10. The van der Waals surface area contributed by atoms with Crippen LogP contribution in [0.1, 0.15) is 40.8 Å². The van der Waals surface area contributed by atoms with Crippen molar-refractivity contribution in [3.05, 3.63) is 76.5 Å². The van der Waals surface area contributed by atoms with Crippen molar-refractivity contribution in [2.45, 2.75) is 19.4 Å². The maximum absolute atomic E-state index is 13.5. The summed E-state index contributed by atoms with van der Waals surface area (Å²) >= 11 is 0. The molecule has 1 aliphatic rings. The summed E-state index contributed by atoms with van der Waals surface area (Å²) in [7, 11) is 3.04. The third-order valence-electron chi connectivity index (χ3n) is 6.38. The Kier molecular flexibility index (Phi) is 7.19. The number of hydrogen-bond donors (Lipinski definition) is 3. The zero-order chi connectivity index (χ0) is 26.6. The van der Waals surface area contributed by atoms with Gasteiger partial charge in [0.1, 0.15) is 17.5 Å². The smallest absolute Gasteiger partial charge is 0.221 e. The lowest BCUT2D eigenvalue weighted by molar-refractivity contribution is -0.132. The van der Waals surface area contributed by atoms with Gasteiger partial charge in [0.05, 0.1) is 26.5 Å². The molecule has 1 aliphatic heterocycles. The number of nitrogens with two attached hydrogens (primary N) is 2. The summed E-state index contributed by atoms with van der Waals surface area (Å²) in [6.45, 7) is 1.60. The number of rotatable bonds is 9. The van der Waals surface area contributed by atoms with Crippen molar-refractivity contribution in [1.82, 2.24) is 15.4 Å². The van der Waals surface area contributed by atoms with Crippen LogP contribution >= 0.6 is 0 Å². The molecule has 3 aromatic rings. The number of aldehydes is 1. The van der Waals surface area contributed by atoms with E-state index in [0.717, 1.165) is 16.7 Å². The highest BCUT2D eigenvalue weighted by Crippen LogP contribution is 2.38. The second kappa shape index (κ2) is 10.5. The molecule has 2 unspecified atom stereocenters. The lowest BCUT2D eigenvalue weighted by Gasteiger charge is -2.33. The monoisotopic (exact) mass is 500 g/mol. The quantitative estimate of drug-likeness (QED) is 0.228. The van der Waals surface area contributed by atoms with Crippen LogP contribution in [-0.4, -0.2) is 42.5 Å². The van der Waals surface area contributed by atoms with Crippen LogP contribution in [0.5, 0.6) is 11.5 Å². The summed E-state index contributed by atoms with van der Waals surface area (Å²) in [6, 6.07) is 10.5. The van der Waals surface area contributed by atoms with Gasteiger partial charge in [-0.2, -0.15) is 10.1 Å². The Labute approximate surface area is 214 Å². The molecule has 5 N–H and O–H groups in total. The number of aromatic nitrogens is 2. The van der Waals surface area contributed by atoms with Crippen LogP contribution < -0.4 is 26.4 Å². The molecule has 37 heavy (non-hydrogen) atoms. The third-order valence-corrected chi connectivity index (χ3v) is 6.38. The molecule has 0 fully saturated rings. The van der Waals surface area contributed by atoms with Gasteiger partial charge in [0.2, 0.25) is 5.95 Å². The summed E-state index contributed by atoms with van der Waals surface area (Å²) < 4.78 is 11.1. The van der Waals surface area contributed by atoms with E-state index in [0.29, 0.717) is 35.3 Å². The van der Waals surface area contributed by atoms with Gasteiger partial charge < -0.3 is 31.2 Å². The summed E-state index contributed by atoms with van der Waals surface area (Å²) in [5.74, 6) is 0.885. The zero-order valence-corrected chi connectivity index (χ0v) is 20.8. The van der Waals surface area contributed by atoms with E-state index in [1.165, 1.54) is 20.3 Å². The van der Waals surface area contributed by atoms with Crippen LogP contribution in [0.25, 0.3) is 6.08 Å². The van der Waals surface area contributed by atoms with Crippen molar-refractivity contribution in [1.29, 1.82) is 0 Å². The van der Waals surface area contributed by atoms with Gasteiger partial charge in [-0.25, -0.2) is 4.98 Å². The molecule has 0 saturated heterocycles. The van der Waals surface area contributed by atoms with Gasteiger partial charge in [-0.3, -0.25) is 4.79 Å². The zero-order valence-electron chi connectivity index (χ0n) is 20.8. The van der Waals surface area contributed by atoms with Gasteiger partial charge in [0, 0.05) is 23.7 Å². The standard InChI is InChI=1S/C27H28N6O4/c1-27(15-34,24-20-7-5-4-6-18(20)14-31-33-24)22(35)9-8-17-10-16(12-21(36-2)23(17)37-3)11-19-13-30-26(29)32-25(19)28/h4-10,12-15,24,33H,11H2,1-3H3,(H4,28,29,30,32). The summed E-state index contributed by atoms with van der Waals surface area (Å²) in [5.41, 5.74) is 16.9. The second-order valence-corrected chi connectivity index (χ2v) is 8.78. The molecule has 1 aromatic heterocycles. The molecule has 0 radical (unpaired) electrons. The maximum atomic E-state index is 13.5. The van der Waals surface area contributed by atoms with Crippen molar-refractivity contribution < 1.29 is 19.1 Å². The Morgan fingerprint density at radius 2 is 1.97 bits per heavy atom. The molecule has 2 atom stereocenters. The van der Waals surface area contributed by atoms with Crippen molar-refractivity contribution in [2.24, 2.45) is 10.5 Å². The fourth-order valence-electron chi connectivity index (χ4n) is 4.28. The summed E-state index contributed by atoms with van der Waals surface area (Å²) in [5, 5.41) is 4.15. The highest BCUT2D eigenvalue weighted by atomic mass is 16.5. The number of ether oxygens (including phenoxy) is 2. The number of nitrogen functional groups attached to an aromatic ring is 2. The first-order chi connectivity index (χ1) is 17.8. The predicted molar refractivity (Wildman–Crippen MR) is 141 cm³/mol. The van der Waals surface area contributed by atoms with Crippen LogP contribution in [0.15, 0.2) is 53.8 Å². The molecule has 10 heteroatoms. The highest BCUT2D eigenvalue weighted by molar-refractivity contribution is 6.08. The number of ketones is 1. The fourth-order valence-corrected chi connectivity index (χ4v) is 4.28. The number of methoxy groups -OCH3 is 2. The summed E-state index contributed by atoms with van der Waals surface area (Å²) in [4.78, 5) is 33.8. The van der Waals surface area contributed by atoms with E-state index in [4.69, 9.17) is 20.9 Å². The van der Waals surface area contributed by atoms with E-state index in [1.807, 2.05) is 36.4 Å². The molecular formula is C27H28N6O4. The van der Waals surface area contributed by atoms with Crippen molar-refractivity contribution in [2.75, 3.05) is 25.7 Å². The van der Waals surface area contributed by atoms with Crippen LogP contribution in [0.3, 0.4) is 0 Å². The summed E-state index contributed by atoms with van der Waals surface area (Å²) in [6.07, 6.45) is 7.27. The molecule has 190 valence electrons. The lowest BCUT2D eigenvalue weighted by atomic mass is 9.75. The molecule has 0 bridgehead atoms. The number of benzene rings is 2. The number of carbonyl (C=O) groups excluding carboxylic acids is 2. The average Bonchev–Trinajstić information content (AvgIpc) is 2.92. The highest BCUT2D eigenvalue weighted by Gasteiger charge is 2.42. The largest absolute Gasteiger partial charge is 0.493 e. The minimum Gasteiger partial charge on any atom is -0.493 e. The first-order valence-corrected chi connectivity index (χ1v) is 11.5. The number of nitrogens with one attached hydrogen (secondary N) is 1. The van der Waals surface area contributed by atoms with E-state index in [2.05, 4.69) is 20.5 Å². The molecule has 0 aliphatic carbocycles. The number of carbonyl (C=O) groups is 2. The van der Waals surface area contributed by atoms with Gasteiger partial charge in [-0.05, 0) is 47.9 Å². The number of nitrogens with zero attached hydrogens (tertiary/aromatic N) is 3. The number of hydrazone groups is 1. The molecule has 10 nitrogen and oxygen atoms in total. The topological polar surface area (TPSA) is 155 Å². The minimum absolute atomic E-state index is 0.0923. The van der Waals surface area contributed by atoms with Gasteiger partial charge >= 0.3 is 0 Å². The van der Waals surface area contributed by atoms with E-state index >= 15 is 0 Å². The Balaban J connectivity index is 1.68. The number of allylic oxidation sites excluding steroid dienone is 1. The number of anilines is 2. The van der Waals surface area contributed by atoms with Gasteiger partial charge in [0.25, 0.3) is 0 Å². The Hall–Kier alpha value is -4.73. The Bertz CT molecular complexity index is 1400. The molecule has 2 aromatic carbocycles. The molecular weight excluding hydrogens is 472 g/mol. The number of fused-ring (bicyclic) bond motifs is 1. The Morgan fingerprint density at radius 3 is 2.68 bits per heavy atom. The third kappa shape index (κ3) is 4.99. The van der Waals surface area contributed by atoms with Crippen LogP contribution in [0.4, 0.5) is 11.8 Å². The van der Waals surface area contributed by atoms with E-state index in [-0.39, 0.29) is 11.8 Å². The van der Waals surface area contributed by atoms with Gasteiger partial charge in [0.15, 0.2) is 17.3 Å². The van der Waals surface area contributed by atoms with E-state index in [9.17, 15) is 9.59 Å². The molecule has 4 rings (SSSR count). The normalized spacial score (nSPS) is 15.9. The molecule has 0 saturated carbocycles. The molecule has 0 spiro atoms. The fraction of sp³-hybridized carbons (Fsp3) is 0.222. The molecule has 2 heterocycles. The second-order valence-electron chi connectivity index (χ2n) is 8.78. The first kappa shape index (κ1) is 25.4. The average molecular weight is 501 g/mol.